The minimum Gasteiger partial charge on any atom is -0.481 e. The van der Waals surface area contributed by atoms with E-state index in [9.17, 15) is 4.79 Å². The van der Waals surface area contributed by atoms with Crippen LogP contribution in [0.2, 0.25) is 0 Å². The molecule has 3 N–H and O–H groups in total. The van der Waals surface area contributed by atoms with Crippen LogP contribution >= 0.6 is 0 Å². The molecule has 0 aliphatic heterocycles. The van der Waals surface area contributed by atoms with E-state index >= 15 is 0 Å². The molecule has 5 nitrogen and oxygen atoms in total. The van der Waals surface area contributed by atoms with Crippen LogP contribution in [0.15, 0.2) is 12.5 Å². The van der Waals surface area contributed by atoms with Gasteiger partial charge in [-0.2, -0.15) is 0 Å². The second-order valence-corrected chi connectivity index (χ2v) is 3.52. The van der Waals surface area contributed by atoms with E-state index in [4.69, 9.17) is 10.8 Å². The van der Waals surface area contributed by atoms with Crippen LogP contribution in [0.4, 0.5) is 0 Å². The van der Waals surface area contributed by atoms with E-state index in [1.165, 1.54) is 0 Å². The predicted octanol–water partition coefficient (Wildman–Crippen LogP) is 0.938. The topological polar surface area (TPSA) is 81.1 Å². The lowest BCUT2D eigenvalue weighted by atomic mass is 10.1. The molecular weight excluding hydrogens is 182 g/mol. The number of aromatic nitrogens is 2. The van der Waals surface area contributed by atoms with E-state index in [1.54, 1.807) is 12.5 Å². The van der Waals surface area contributed by atoms with Gasteiger partial charge in [-0.1, -0.05) is 0 Å². The third-order valence-corrected chi connectivity index (χ3v) is 2.03. The van der Waals surface area contributed by atoms with Crippen LogP contribution in [0.1, 0.15) is 38.0 Å². The lowest BCUT2D eigenvalue weighted by Gasteiger charge is -2.15. The van der Waals surface area contributed by atoms with E-state index in [-0.39, 0.29) is 12.5 Å². The highest BCUT2D eigenvalue weighted by Gasteiger charge is 2.15. The van der Waals surface area contributed by atoms with Gasteiger partial charge in [0.1, 0.15) is 0 Å². The number of nitrogens with two attached hydrogens (primary N) is 1. The van der Waals surface area contributed by atoms with Crippen molar-refractivity contribution < 1.29 is 9.90 Å². The van der Waals surface area contributed by atoms with Gasteiger partial charge in [0.05, 0.1) is 24.5 Å². The molecule has 1 rings (SSSR count). The van der Waals surface area contributed by atoms with Crippen molar-refractivity contribution in [2.24, 2.45) is 5.73 Å². The highest BCUT2D eigenvalue weighted by molar-refractivity contribution is 5.67. The van der Waals surface area contributed by atoms with Gasteiger partial charge in [0.25, 0.3) is 0 Å². The molecule has 1 heterocycles. The molecule has 0 spiro atoms. The van der Waals surface area contributed by atoms with Crippen molar-refractivity contribution in [3.63, 3.8) is 0 Å². The van der Waals surface area contributed by atoms with E-state index in [0.29, 0.717) is 0 Å². The minimum absolute atomic E-state index is 0.0710. The predicted molar refractivity (Wildman–Crippen MR) is 51.8 cm³/mol. The van der Waals surface area contributed by atoms with Crippen molar-refractivity contribution in [1.29, 1.82) is 0 Å². The quantitative estimate of drug-likeness (QED) is 0.752. The van der Waals surface area contributed by atoms with Crippen LogP contribution in [0.5, 0.6) is 0 Å². The van der Waals surface area contributed by atoms with Gasteiger partial charge in [0.15, 0.2) is 0 Å². The second kappa shape index (κ2) is 4.23. The normalized spacial score (nSPS) is 13.1. The van der Waals surface area contributed by atoms with Crippen molar-refractivity contribution in [3.8, 4) is 0 Å². The molecule has 14 heavy (non-hydrogen) atoms. The summed E-state index contributed by atoms with van der Waals surface area (Å²) in [7, 11) is 0. The van der Waals surface area contributed by atoms with Crippen LogP contribution in [0.3, 0.4) is 0 Å². The average molecular weight is 197 g/mol. The van der Waals surface area contributed by atoms with Crippen LogP contribution in [0, 0.1) is 0 Å². The Morgan fingerprint density at radius 3 is 2.86 bits per heavy atom. The standard InChI is InChI=1S/C9H15N3O2/c1-6(2)12-5-11-4-8(12)7(10)3-9(13)14/h4-7H,3,10H2,1-2H3,(H,13,14). The van der Waals surface area contributed by atoms with Gasteiger partial charge in [0, 0.05) is 12.2 Å². The molecule has 5 heteroatoms. The summed E-state index contributed by atoms with van der Waals surface area (Å²) in [4.78, 5) is 14.4. The van der Waals surface area contributed by atoms with E-state index in [1.807, 2.05) is 18.4 Å². The first-order valence-electron chi connectivity index (χ1n) is 4.51. The van der Waals surface area contributed by atoms with Crippen LogP contribution in [0.25, 0.3) is 0 Å². The maximum absolute atomic E-state index is 10.5. The molecule has 1 atom stereocenters. The molecule has 0 aliphatic carbocycles. The highest BCUT2D eigenvalue weighted by atomic mass is 16.4. The minimum atomic E-state index is -0.894. The molecule has 0 aromatic carbocycles. The lowest BCUT2D eigenvalue weighted by Crippen LogP contribution is -2.19. The summed E-state index contributed by atoms with van der Waals surface area (Å²) in [6.07, 6.45) is 3.22. The summed E-state index contributed by atoms with van der Waals surface area (Å²) >= 11 is 0. The Hall–Kier alpha value is -1.36. The summed E-state index contributed by atoms with van der Waals surface area (Å²) in [5.74, 6) is -0.894. The van der Waals surface area contributed by atoms with Crippen molar-refractivity contribution in [2.75, 3.05) is 0 Å². The molecule has 0 bridgehead atoms. The molecule has 0 saturated carbocycles. The van der Waals surface area contributed by atoms with Crippen molar-refractivity contribution >= 4 is 5.97 Å². The van der Waals surface area contributed by atoms with Crippen molar-refractivity contribution in [1.82, 2.24) is 9.55 Å². The van der Waals surface area contributed by atoms with Gasteiger partial charge in [-0.05, 0) is 13.8 Å². The molecular formula is C9H15N3O2. The Bertz CT molecular complexity index is 320. The zero-order valence-corrected chi connectivity index (χ0v) is 8.34. The first-order valence-corrected chi connectivity index (χ1v) is 4.51. The SMILES string of the molecule is CC(C)n1cncc1C(N)CC(=O)O. The number of carboxylic acid groups (broad SMARTS) is 1. The summed E-state index contributed by atoms with van der Waals surface area (Å²) in [6, 6.07) is -0.246. The number of nitrogens with zero attached hydrogens (tertiary/aromatic N) is 2. The molecule has 0 radical (unpaired) electrons. The molecule has 0 amide bonds. The Labute approximate surface area is 82.6 Å². The molecule has 1 unspecified atom stereocenters. The van der Waals surface area contributed by atoms with Gasteiger partial charge in [0.2, 0.25) is 0 Å². The molecule has 1 aromatic heterocycles. The summed E-state index contributed by atoms with van der Waals surface area (Å²) in [5, 5.41) is 8.60. The summed E-state index contributed by atoms with van der Waals surface area (Å²) < 4.78 is 1.88. The highest BCUT2D eigenvalue weighted by Crippen LogP contribution is 2.17. The fourth-order valence-corrected chi connectivity index (χ4v) is 1.33. The number of carboxylic acids is 1. The number of hydrogen-bond acceptors (Lipinski definition) is 3. The zero-order chi connectivity index (χ0) is 10.7. The Morgan fingerprint density at radius 1 is 1.71 bits per heavy atom. The molecule has 1 aromatic rings. The number of aliphatic carboxylic acids is 1. The van der Waals surface area contributed by atoms with E-state index in [0.717, 1.165) is 5.69 Å². The van der Waals surface area contributed by atoms with Crippen LogP contribution in [-0.4, -0.2) is 20.6 Å². The fourth-order valence-electron chi connectivity index (χ4n) is 1.33. The first kappa shape index (κ1) is 10.7. The van der Waals surface area contributed by atoms with Gasteiger partial charge in [-0.3, -0.25) is 4.79 Å². The maximum Gasteiger partial charge on any atom is 0.305 e. The third-order valence-electron chi connectivity index (χ3n) is 2.03. The zero-order valence-electron chi connectivity index (χ0n) is 8.34. The lowest BCUT2D eigenvalue weighted by molar-refractivity contribution is -0.137. The Balaban J connectivity index is 2.83. The smallest absolute Gasteiger partial charge is 0.305 e. The van der Waals surface area contributed by atoms with Gasteiger partial charge in [-0.15, -0.1) is 0 Å². The van der Waals surface area contributed by atoms with Gasteiger partial charge in [-0.25, -0.2) is 4.98 Å². The Kier molecular flexibility index (Phi) is 3.24. The molecule has 0 fully saturated rings. The van der Waals surface area contributed by atoms with Crippen LogP contribution in [-0.2, 0) is 4.79 Å². The van der Waals surface area contributed by atoms with Crippen molar-refractivity contribution in [2.45, 2.75) is 32.4 Å². The summed E-state index contributed by atoms with van der Waals surface area (Å²) in [5.41, 5.74) is 6.50. The molecule has 0 saturated heterocycles. The second-order valence-electron chi connectivity index (χ2n) is 3.52. The largest absolute Gasteiger partial charge is 0.481 e. The number of hydrogen-bond donors (Lipinski definition) is 2. The third kappa shape index (κ3) is 2.32. The number of carbonyl (C=O) groups is 1. The molecule has 0 aliphatic rings. The Morgan fingerprint density at radius 2 is 2.36 bits per heavy atom. The molecule has 78 valence electrons. The van der Waals surface area contributed by atoms with Gasteiger partial charge >= 0.3 is 5.97 Å². The first-order chi connectivity index (χ1) is 6.52. The average Bonchev–Trinajstić information content (AvgIpc) is 2.49. The maximum atomic E-state index is 10.5. The summed E-state index contributed by atoms with van der Waals surface area (Å²) in [6.45, 7) is 4.00. The fraction of sp³-hybridized carbons (Fsp3) is 0.556. The monoisotopic (exact) mass is 197 g/mol. The van der Waals surface area contributed by atoms with Gasteiger partial charge < -0.3 is 15.4 Å². The van der Waals surface area contributed by atoms with Crippen molar-refractivity contribution in [3.05, 3.63) is 18.2 Å². The number of rotatable bonds is 4. The van der Waals surface area contributed by atoms with Crippen LogP contribution < -0.4 is 5.73 Å². The van der Waals surface area contributed by atoms with E-state index < -0.39 is 12.0 Å². The number of imidazole rings is 1. The van der Waals surface area contributed by atoms with E-state index in [2.05, 4.69) is 4.98 Å².